The van der Waals surface area contributed by atoms with E-state index in [2.05, 4.69) is 12.1 Å². The molecule has 1 aliphatic heterocycles. The van der Waals surface area contributed by atoms with E-state index < -0.39 is 9.84 Å². The summed E-state index contributed by atoms with van der Waals surface area (Å²) in [7, 11) is -2.96. The highest BCUT2D eigenvalue weighted by Gasteiger charge is 2.37. The minimum Gasteiger partial charge on any atom is -0.339 e. The third-order valence-corrected chi connectivity index (χ3v) is 6.42. The van der Waals surface area contributed by atoms with Gasteiger partial charge in [0, 0.05) is 18.5 Å². The van der Waals surface area contributed by atoms with E-state index in [9.17, 15) is 13.2 Å². The summed E-state index contributed by atoms with van der Waals surface area (Å²) in [4.78, 5) is 14.6. The second-order valence-electron chi connectivity index (χ2n) is 6.05. The number of benzene rings is 1. The molecule has 0 aromatic heterocycles. The first-order chi connectivity index (χ1) is 10.00. The van der Waals surface area contributed by atoms with Gasteiger partial charge in [0.05, 0.1) is 11.5 Å². The molecule has 4 nitrogen and oxygen atoms in total. The van der Waals surface area contributed by atoms with Gasteiger partial charge in [0.25, 0.3) is 0 Å². The molecule has 1 fully saturated rings. The number of hydrogen-bond acceptors (Lipinski definition) is 3. The fourth-order valence-electron chi connectivity index (χ4n) is 3.58. The zero-order valence-electron chi connectivity index (χ0n) is 12.3. The van der Waals surface area contributed by atoms with E-state index in [1.165, 1.54) is 11.1 Å². The van der Waals surface area contributed by atoms with Crippen molar-refractivity contribution in [1.82, 2.24) is 4.90 Å². The van der Waals surface area contributed by atoms with Crippen LogP contribution in [-0.4, -0.2) is 43.3 Å². The zero-order chi connectivity index (χ0) is 15.0. The number of hydrogen-bond donors (Lipinski definition) is 0. The van der Waals surface area contributed by atoms with Gasteiger partial charge in [-0.2, -0.15) is 0 Å². The van der Waals surface area contributed by atoms with Crippen molar-refractivity contribution in [1.29, 1.82) is 0 Å². The summed E-state index contributed by atoms with van der Waals surface area (Å²) >= 11 is 0. The van der Waals surface area contributed by atoms with Crippen LogP contribution in [0.15, 0.2) is 24.3 Å². The normalized spacial score (nSPS) is 24.0. The second kappa shape index (κ2) is 5.44. The largest absolute Gasteiger partial charge is 0.339 e. The number of carbonyl (C=O) groups is 1. The number of amides is 1. The van der Waals surface area contributed by atoms with E-state index in [0.29, 0.717) is 13.0 Å². The van der Waals surface area contributed by atoms with E-state index in [1.807, 2.05) is 19.1 Å². The van der Waals surface area contributed by atoms with Crippen LogP contribution in [0.25, 0.3) is 0 Å². The van der Waals surface area contributed by atoms with Gasteiger partial charge in [0.2, 0.25) is 5.91 Å². The van der Waals surface area contributed by atoms with Gasteiger partial charge in [-0.05, 0) is 37.3 Å². The maximum absolute atomic E-state index is 12.8. The molecular weight excluding hydrogens is 286 g/mol. The molecule has 21 heavy (non-hydrogen) atoms. The van der Waals surface area contributed by atoms with Crippen LogP contribution in [0, 0.1) is 5.92 Å². The highest BCUT2D eigenvalue weighted by atomic mass is 32.2. The maximum Gasteiger partial charge on any atom is 0.226 e. The Kier molecular flexibility index (Phi) is 3.78. The molecule has 1 atom stereocenters. The van der Waals surface area contributed by atoms with Gasteiger partial charge in [0.1, 0.15) is 0 Å². The van der Waals surface area contributed by atoms with E-state index in [-0.39, 0.29) is 29.4 Å². The van der Waals surface area contributed by atoms with Crippen molar-refractivity contribution < 1.29 is 13.2 Å². The number of sulfone groups is 1. The monoisotopic (exact) mass is 307 g/mol. The van der Waals surface area contributed by atoms with Crippen molar-refractivity contribution >= 4 is 15.7 Å². The minimum absolute atomic E-state index is 0.0225. The van der Waals surface area contributed by atoms with Gasteiger partial charge in [-0.15, -0.1) is 0 Å². The first-order valence-corrected chi connectivity index (χ1v) is 9.40. The summed E-state index contributed by atoms with van der Waals surface area (Å²) in [6.45, 7) is 2.52. The van der Waals surface area contributed by atoms with Crippen molar-refractivity contribution in [3.8, 4) is 0 Å². The third-order valence-electron chi connectivity index (χ3n) is 4.67. The molecule has 0 saturated carbocycles. The lowest BCUT2D eigenvalue weighted by Gasteiger charge is -2.29. The Bertz CT molecular complexity index is 628. The van der Waals surface area contributed by atoms with Gasteiger partial charge in [0.15, 0.2) is 9.84 Å². The van der Waals surface area contributed by atoms with Crippen LogP contribution in [0.1, 0.15) is 24.5 Å². The van der Waals surface area contributed by atoms with Gasteiger partial charge in [-0.1, -0.05) is 24.3 Å². The molecule has 3 rings (SSSR count). The van der Waals surface area contributed by atoms with Gasteiger partial charge >= 0.3 is 0 Å². The lowest BCUT2D eigenvalue weighted by atomic mass is 10.0. The molecule has 5 heteroatoms. The number of rotatable bonds is 3. The summed E-state index contributed by atoms with van der Waals surface area (Å²) < 4.78 is 23.3. The lowest BCUT2D eigenvalue weighted by molar-refractivity contribution is -0.136. The molecular formula is C16H21NO3S. The molecule has 1 aromatic carbocycles. The summed E-state index contributed by atoms with van der Waals surface area (Å²) in [6.07, 6.45) is 2.15. The van der Waals surface area contributed by atoms with E-state index in [0.717, 1.165) is 12.8 Å². The summed E-state index contributed by atoms with van der Waals surface area (Å²) in [6, 6.07) is 8.05. The van der Waals surface area contributed by atoms with Gasteiger partial charge in [-0.25, -0.2) is 8.42 Å². The Morgan fingerprint density at radius 2 is 1.86 bits per heavy atom. The van der Waals surface area contributed by atoms with Crippen LogP contribution >= 0.6 is 0 Å². The number of nitrogens with zero attached hydrogens (tertiary/aromatic N) is 1. The van der Waals surface area contributed by atoms with Gasteiger partial charge < -0.3 is 4.90 Å². The molecule has 1 aromatic rings. The predicted octanol–water partition coefficient (Wildman–Crippen LogP) is 1.44. The Hall–Kier alpha value is -1.36. The number of fused-ring (bicyclic) bond motifs is 1. The van der Waals surface area contributed by atoms with Crippen LogP contribution < -0.4 is 0 Å². The quantitative estimate of drug-likeness (QED) is 0.849. The predicted molar refractivity (Wildman–Crippen MR) is 81.8 cm³/mol. The average Bonchev–Trinajstić information content (AvgIpc) is 3.02. The molecule has 2 aliphatic rings. The van der Waals surface area contributed by atoms with Crippen molar-refractivity contribution in [2.75, 3.05) is 18.1 Å². The zero-order valence-corrected chi connectivity index (χ0v) is 13.1. The molecule has 1 unspecified atom stereocenters. The Labute approximate surface area is 126 Å². The van der Waals surface area contributed by atoms with Crippen LogP contribution in [0.3, 0.4) is 0 Å². The lowest BCUT2D eigenvalue weighted by Crippen LogP contribution is -2.44. The molecule has 0 spiro atoms. The Balaban J connectivity index is 1.73. The fraction of sp³-hybridized carbons (Fsp3) is 0.562. The molecule has 0 N–H and O–H groups in total. The van der Waals surface area contributed by atoms with Crippen molar-refractivity contribution in [3.63, 3.8) is 0 Å². The fourth-order valence-corrected chi connectivity index (χ4v) is 5.31. The van der Waals surface area contributed by atoms with Crippen LogP contribution in [0.4, 0.5) is 0 Å². The average molecular weight is 307 g/mol. The topological polar surface area (TPSA) is 54.5 Å². The summed E-state index contributed by atoms with van der Waals surface area (Å²) in [5.41, 5.74) is 2.51. The Morgan fingerprint density at radius 3 is 2.33 bits per heavy atom. The summed E-state index contributed by atoms with van der Waals surface area (Å²) in [5.74, 6) is 0.444. The highest BCUT2D eigenvalue weighted by molar-refractivity contribution is 7.91. The minimum atomic E-state index is -2.96. The first-order valence-electron chi connectivity index (χ1n) is 7.58. The van der Waals surface area contributed by atoms with Crippen molar-refractivity contribution in [2.45, 2.75) is 32.2 Å². The molecule has 1 saturated heterocycles. The summed E-state index contributed by atoms with van der Waals surface area (Å²) in [5, 5.41) is 0. The Morgan fingerprint density at radius 1 is 1.24 bits per heavy atom. The molecule has 0 bridgehead atoms. The van der Waals surface area contributed by atoms with Gasteiger partial charge in [-0.3, -0.25) is 4.79 Å². The standard InChI is InChI=1S/C16H21NO3S/c1-2-17(15-7-8-21(19,20)11-15)16(18)14-9-12-5-3-4-6-13(12)10-14/h3-6,14-15H,2,7-11H2,1H3. The van der Waals surface area contributed by atoms with E-state index in [1.54, 1.807) is 4.90 Å². The number of carbonyl (C=O) groups excluding carboxylic acids is 1. The van der Waals surface area contributed by atoms with Crippen LogP contribution in [0.5, 0.6) is 0 Å². The smallest absolute Gasteiger partial charge is 0.226 e. The molecule has 1 aliphatic carbocycles. The van der Waals surface area contributed by atoms with Crippen molar-refractivity contribution in [3.05, 3.63) is 35.4 Å². The van der Waals surface area contributed by atoms with E-state index >= 15 is 0 Å². The highest BCUT2D eigenvalue weighted by Crippen LogP contribution is 2.29. The third kappa shape index (κ3) is 2.84. The molecule has 0 radical (unpaired) electrons. The van der Waals surface area contributed by atoms with Crippen LogP contribution in [0.2, 0.25) is 0 Å². The molecule has 114 valence electrons. The first kappa shape index (κ1) is 14.6. The van der Waals surface area contributed by atoms with E-state index in [4.69, 9.17) is 0 Å². The maximum atomic E-state index is 12.8. The van der Waals surface area contributed by atoms with Crippen LogP contribution in [-0.2, 0) is 27.5 Å². The molecule has 1 amide bonds. The van der Waals surface area contributed by atoms with Crippen molar-refractivity contribution in [2.24, 2.45) is 5.92 Å². The SMILES string of the molecule is CCN(C(=O)C1Cc2ccccc2C1)C1CCS(=O)(=O)C1. The second-order valence-corrected chi connectivity index (χ2v) is 8.28. The molecule has 1 heterocycles.